The van der Waals surface area contributed by atoms with E-state index in [1.807, 2.05) is 6.07 Å². The summed E-state index contributed by atoms with van der Waals surface area (Å²) in [4.78, 5) is 0. The molecule has 0 amide bonds. The number of nitrogens with zero attached hydrogens (tertiary/aromatic N) is 1. The van der Waals surface area contributed by atoms with Crippen LogP contribution in [0, 0.1) is 23.0 Å². The molecule has 0 saturated carbocycles. The number of hydrogen-bond donors (Lipinski definition) is 1. The van der Waals surface area contributed by atoms with E-state index in [-0.39, 0.29) is 12.2 Å². The van der Waals surface area contributed by atoms with E-state index < -0.39 is 11.6 Å². The van der Waals surface area contributed by atoms with Crippen molar-refractivity contribution in [2.75, 3.05) is 5.32 Å². The first-order chi connectivity index (χ1) is 9.10. The van der Waals surface area contributed by atoms with Gasteiger partial charge in [0.2, 0.25) is 0 Å². The van der Waals surface area contributed by atoms with Crippen LogP contribution in [0.5, 0.6) is 0 Å². The normalized spacial score (nSPS) is 10.0. The minimum atomic E-state index is -0.459. The van der Waals surface area contributed by atoms with Crippen LogP contribution in [0.1, 0.15) is 11.1 Å². The Morgan fingerprint density at radius 2 is 1.95 bits per heavy atom. The van der Waals surface area contributed by atoms with Gasteiger partial charge in [0.15, 0.2) is 0 Å². The zero-order valence-corrected chi connectivity index (χ0v) is 10.5. The lowest BCUT2D eigenvalue weighted by molar-refractivity contribution is 0.624. The maximum atomic E-state index is 13.5. The van der Waals surface area contributed by atoms with Crippen molar-refractivity contribution < 1.29 is 8.78 Å². The maximum absolute atomic E-state index is 13.5. The monoisotopic (exact) mass is 278 g/mol. The fourth-order valence-electron chi connectivity index (χ4n) is 1.64. The summed E-state index contributed by atoms with van der Waals surface area (Å²) in [5.74, 6) is -0.901. The van der Waals surface area contributed by atoms with Crippen LogP contribution in [0.25, 0.3) is 0 Å². The average Bonchev–Trinajstić information content (AvgIpc) is 2.40. The van der Waals surface area contributed by atoms with Crippen molar-refractivity contribution in [1.82, 2.24) is 0 Å². The molecule has 19 heavy (non-hydrogen) atoms. The van der Waals surface area contributed by atoms with Gasteiger partial charge in [0, 0.05) is 11.6 Å². The van der Waals surface area contributed by atoms with Crippen LogP contribution in [0.2, 0.25) is 5.02 Å². The van der Waals surface area contributed by atoms with Crippen molar-refractivity contribution >= 4 is 17.3 Å². The molecule has 0 aliphatic rings. The molecule has 0 atom stereocenters. The molecule has 2 nitrogen and oxygen atoms in total. The maximum Gasteiger partial charge on any atom is 0.146 e. The second kappa shape index (κ2) is 5.68. The summed E-state index contributed by atoms with van der Waals surface area (Å²) < 4.78 is 26.6. The number of benzene rings is 2. The Morgan fingerprint density at radius 1 is 1.16 bits per heavy atom. The summed E-state index contributed by atoms with van der Waals surface area (Å²) in [6, 6.07) is 9.91. The first-order valence-electron chi connectivity index (χ1n) is 5.47. The predicted octanol–water partition coefficient (Wildman–Crippen LogP) is 4.10. The van der Waals surface area contributed by atoms with Crippen LogP contribution in [-0.4, -0.2) is 0 Å². The van der Waals surface area contributed by atoms with Crippen LogP contribution in [0.15, 0.2) is 36.4 Å². The summed E-state index contributed by atoms with van der Waals surface area (Å²) >= 11 is 5.76. The first kappa shape index (κ1) is 13.3. The van der Waals surface area contributed by atoms with Gasteiger partial charge in [0.1, 0.15) is 11.6 Å². The molecule has 0 radical (unpaired) electrons. The topological polar surface area (TPSA) is 35.8 Å². The zero-order valence-electron chi connectivity index (χ0n) is 9.75. The summed E-state index contributed by atoms with van der Waals surface area (Å²) in [5, 5.41) is 12.1. The lowest BCUT2D eigenvalue weighted by Gasteiger charge is -2.09. The van der Waals surface area contributed by atoms with Crippen LogP contribution < -0.4 is 5.32 Å². The van der Waals surface area contributed by atoms with Gasteiger partial charge >= 0.3 is 0 Å². The Morgan fingerprint density at radius 3 is 2.68 bits per heavy atom. The van der Waals surface area contributed by atoms with E-state index in [1.54, 1.807) is 0 Å². The quantitative estimate of drug-likeness (QED) is 0.917. The van der Waals surface area contributed by atoms with Crippen molar-refractivity contribution in [1.29, 1.82) is 5.26 Å². The van der Waals surface area contributed by atoms with Crippen molar-refractivity contribution in [3.8, 4) is 6.07 Å². The summed E-state index contributed by atoms with van der Waals surface area (Å²) in [6.07, 6.45) is 0. The van der Waals surface area contributed by atoms with Gasteiger partial charge in [-0.25, -0.2) is 8.78 Å². The molecule has 1 N–H and O–H groups in total. The van der Waals surface area contributed by atoms with Gasteiger partial charge in [0.25, 0.3) is 0 Å². The van der Waals surface area contributed by atoms with E-state index in [1.165, 1.54) is 36.4 Å². The van der Waals surface area contributed by atoms with Crippen LogP contribution in [0.4, 0.5) is 14.5 Å². The molecule has 5 heteroatoms. The summed E-state index contributed by atoms with van der Waals surface area (Å²) in [6.45, 7) is 0.137. The van der Waals surface area contributed by atoms with Gasteiger partial charge in [-0.3, -0.25) is 0 Å². The van der Waals surface area contributed by atoms with Crippen molar-refractivity contribution in [3.63, 3.8) is 0 Å². The second-order valence-corrected chi connectivity index (χ2v) is 4.33. The molecule has 2 aromatic carbocycles. The van der Waals surface area contributed by atoms with Gasteiger partial charge in [-0.05, 0) is 42.0 Å². The minimum absolute atomic E-state index is 0.137. The van der Waals surface area contributed by atoms with Crippen molar-refractivity contribution in [3.05, 3.63) is 64.2 Å². The lowest BCUT2D eigenvalue weighted by atomic mass is 10.1. The van der Waals surface area contributed by atoms with E-state index in [4.69, 9.17) is 16.9 Å². The molecule has 0 spiro atoms. The van der Waals surface area contributed by atoms with E-state index in [0.29, 0.717) is 16.1 Å². The Balaban J connectivity index is 2.21. The average molecular weight is 279 g/mol. The van der Waals surface area contributed by atoms with Crippen molar-refractivity contribution in [2.24, 2.45) is 0 Å². The molecular formula is C14H9ClF2N2. The van der Waals surface area contributed by atoms with Gasteiger partial charge in [-0.15, -0.1) is 0 Å². The molecule has 2 rings (SSSR count). The van der Waals surface area contributed by atoms with E-state index in [9.17, 15) is 8.78 Å². The molecule has 0 unspecified atom stereocenters. The Bertz CT molecular complexity index is 650. The molecule has 2 aromatic rings. The van der Waals surface area contributed by atoms with Gasteiger partial charge in [-0.1, -0.05) is 11.6 Å². The Kier molecular flexibility index (Phi) is 3.98. The van der Waals surface area contributed by atoms with Crippen LogP contribution in [0.3, 0.4) is 0 Å². The third-order valence-corrected chi connectivity index (χ3v) is 2.82. The third-order valence-electron chi connectivity index (χ3n) is 2.59. The van der Waals surface area contributed by atoms with Gasteiger partial charge < -0.3 is 5.32 Å². The predicted molar refractivity (Wildman–Crippen MR) is 69.9 cm³/mol. The highest BCUT2D eigenvalue weighted by molar-refractivity contribution is 6.30. The second-order valence-electron chi connectivity index (χ2n) is 3.89. The Labute approximate surface area is 114 Å². The van der Waals surface area contributed by atoms with E-state index >= 15 is 0 Å². The molecule has 0 saturated heterocycles. The molecule has 0 aromatic heterocycles. The van der Waals surface area contributed by atoms with E-state index in [0.717, 1.165) is 0 Å². The van der Waals surface area contributed by atoms with Gasteiger partial charge in [0.05, 0.1) is 17.3 Å². The highest BCUT2D eigenvalue weighted by atomic mass is 35.5. The molecule has 96 valence electrons. The Hall–Kier alpha value is -2.12. The third kappa shape index (κ3) is 3.21. The number of nitrogens with one attached hydrogen (secondary N) is 1. The number of rotatable bonds is 3. The standard InChI is InChI=1S/C14H9ClF2N2/c15-11-2-4-13(17)14(6-11)19-8-10-5-12(16)3-1-9(10)7-18/h1-6,19H,8H2. The summed E-state index contributed by atoms with van der Waals surface area (Å²) in [5.41, 5.74) is 1.01. The SMILES string of the molecule is N#Cc1ccc(F)cc1CNc1cc(Cl)ccc1F. The lowest BCUT2D eigenvalue weighted by Crippen LogP contribution is -2.03. The molecule has 0 heterocycles. The highest BCUT2D eigenvalue weighted by Gasteiger charge is 2.06. The smallest absolute Gasteiger partial charge is 0.146 e. The van der Waals surface area contributed by atoms with E-state index in [2.05, 4.69) is 5.32 Å². The largest absolute Gasteiger partial charge is 0.379 e. The molecule has 0 bridgehead atoms. The highest BCUT2D eigenvalue weighted by Crippen LogP contribution is 2.21. The first-order valence-corrected chi connectivity index (χ1v) is 5.85. The summed E-state index contributed by atoms with van der Waals surface area (Å²) in [7, 11) is 0. The molecule has 0 fully saturated rings. The molecule has 0 aliphatic carbocycles. The van der Waals surface area contributed by atoms with Gasteiger partial charge in [-0.2, -0.15) is 5.26 Å². The fourth-order valence-corrected chi connectivity index (χ4v) is 1.81. The number of nitriles is 1. The number of halogens is 3. The fraction of sp³-hybridized carbons (Fsp3) is 0.0714. The van der Waals surface area contributed by atoms with Crippen LogP contribution >= 0.6 is 11.6 Å². The minimum Gasteiger partial charge on any atom is -0.379 e. The van der Waals surface area contributed by atoms with Crippen LogP contribution in [-0.2, 0) is 6.54 Å². The molecule has 0 aliphatic heterocycles. The van der Waals surface area contributed by atoms with Crippen molar-refractivity contribution in [2.45, 2.75) is 6.54 Å². The number of hydrogen-bond acceptors (Lipinski definition) is 2. The molecular weight excluding hydrogens is 270 g/mol. The number of anilines is 1. The zero-order chi connectivity index (χ0) is 13.8.